The lowest BCUT2D eigenvalue weighted by molar-refractivity contribution is -0.00789. The van der Waals surface area contributed by atoms with Gasteiger partial charge in [-0.3, -0.25) is 9.58 Å². The van der Waals surface area contributed by atoms with Crippen molar-refractivity contribution in [3.8, 4) is 22.4 Å². The highest BCUT2D eigenvalue weighted by atomic mass is 16.5. The number of amides is 3. The van der Waals surface area contributed by atoms with E-state index in [2.05, 4.69) is 52.8 Å². The fraction of sp³-hybridized carbons (Fsp3) is 0.400. The summed E-state index contributed by atoms with van der Waals surface area (Å²) in [6, 6.07) is 6.17. The average Bonchev–Trinajstić information content (AvgIpc) is 3.74. The molecule has 11 nitrogen and oxygen atoms in total. The molecule has 3 aliphatic rings. The zero-order valence-corrected chi connectivity index (χ0v) is 23.6. The first-order valence-electron chi connectivity index (χ1n) is 14.0. The number of methoxy groups -OCH3 is 1. The lowest BCUT2D eigenvalue weighted by atomic mass is 9.91. The topological polar surface area (TPSA) is 126 Å². The minimum Gasteiger partial charge on any atom is -0.453 e. The fourth-order valence-electron chi connectivity index (χ4n) is 6.69. The first-order valence-corrected chi connectivity index (χ1v) is 14.0. The third kappa shape index (κ3) is 4.14. The van der Waals surface area contributed by atoms with E-state index < -0.39 is 6.09 Å². The first kappa shape index (κ1) is 25.6. The van der Waals surface area contributed by atoms with Gasteiger partial charge in [-0.2, -0.15) is 5.10 Å². The Hall–Kier alpha value is -4.38. The Morgan fingerprint density at radius 3 is 2.83 bits per heavy atom. The van der Waals surface area contributed by atoms with Crippen LogP contribution in [0.1, 0.15) is 49.8 Å². The monoisotopic (exact) mass is 555 g/mol. The smallest absolute Gasteiger partial charge is 0.407 e. The van der Waals surface area contributed by atoms with Gasteiger partial charge in [0, 0.05) is 54.8 Å². The molecule has 0 radical (unpaired) electrons. The van der Waals surface area contributed by atoms with Crippen LogP contribution in [0.25, 0.3) is 33.4 Å². The lowest BCUT2D eigenvalue weighted by Crippen LogP contribution is -2.49. The van der Waals surface area contributed by atoms with Crippen LogP contribution in [0.5, 0.6) is 0 Å². The van der Waals surface area contributed by atoms with Crippen LogP contribution in [0.15, 0.2) is 36.8 Å². The molecular formula is C30H33N7O4. The molecular weight excluding hydrogens is 522 g/mol. The number of H-pyrrole nitrogens is 1. The van der Waals surface area contributed by atoms with Gasteiger partial charge in [-0.1, -0.05) is 12.1 Å². The van der Waals surface area contributed by atoms with E-state index in [0.29, 0.717) is 25.2 Å². The number of nitrogens with one attached hydrogen (secondary N) is 3. The van der Waals surface area contributed by atoms with E-state index in [4.69, 9.17) is 14.5 Å². The molecule has 3 amide bonds. The first-order chi connectivity index (χ1) is 19.7. The Bertz CT molecular complexity index is 1700. The number of alkyl carbamates (subject to hydrolysis) is 1. The number of nitrogens with zero attached hydrogens (tertiary/aromatic N) is 4. The molecule has 1 saturated carbocycles. The molecule has 3 aromatic heterocycles. The van der Waals surface area contributed by atoms with E-state index >= 15 is 0 Å². The third-order valence-electron chi connectivity index (χ3n) is 8.66. The van der Waals surface area contributed by atoms with Gasteiger partial charge in [0.25, 0.3) is 0 Å². The van der Waals surface area contributed by atoms with Crippen molar-refractivity contribution < 1.29 is 19.1 Å². The fourth-order valence-corrected chi connectivity index (χ4v) is 6.69. The number of ether oxygens (including phenoxy) is 2. The van der Waals surface area contributed by atoms with Crippen molar-refractivity contribution in [2.24, 2.45) is 7.05 Å². The molecule has 7 rings (SSSR count). The van der Waals surface area contributed by atoms with Gasteiger partial charge in [-0.05, 0) is 55.9 Å². The van der Waals surface area contributed by atoms with Crippen LogP contribution in [0.2, 0.25) is 0 Å². The number of carbonyl (C=O) groups is 2. The molecule has 212 valence electrons. The van der Waals surface area contributed by atoms with E-state index in [9.17, 15) is 9.59 Å². The standard InChI is InChI=1S/C30H33N7O4/c1-30(2)22-8-5-16(9-17(22)15-41-30)23-24-26-18(11-31-27(24)35-25(23)19-13-33-36(3)14-19)12-32-28(38)37(26)21-7-6-20(10-21)34-29(39)40-4/h5,8-9,11,13-14,20-21H,6-7,10,12,15H2,1-4H3,(H,31,35)(H,32,38)(H,34,39)/t20-,21-/m1/s1. The summed E-state index contributed by atoms with van der Waals surface area (Å²) in [6.07, 6.45) is 7.35. The summed E-state index contributed by atoms with van der Waals surface area (Å²) >= 11 is 0. The second-order valence-corrected chi connectivity index (χ2v) is 11.6. The van der Waals surface area contributed by atoms with Gasteiger partial charge in [-0.25, -0.2) is 14.6 Å². The molecule has 5 heterocycles. The highest BCUT2D eigenvalue weighted by Crippen LogP contribution is 2.47. The van der Waals surface area contributed by atoms with E-state index in [1.807, 2.05) is 30.5 Å². The van der Waals surface area contributed by atoms with Gasteiger partial charge < -0.3 is 25.1 Å². The van der Waals surface area contributed by atoms with Crippen LogP contribution in [0.3, 0.4) is 0 Å². The maximum atomic E-state index is 13.6. The number of aryl methyl sites for hydroxylation is 1. The molecule has 11 heteroatoms. The number of fused-ring (bicyclic) bond motifs is 4. The number of pyridine rings is 1. The largest absolute Gasteiger partial charge is 0.453 e. The predicted molar refractivity (Wildman–Crippen MR) is 153 cm³/mol. The Morgan fingerprint density at radius 1 is 1.20 bits per heavy atom. The normalized spacial score (nSPS) is 21.1. The van der Waals surface area contributed by atoms with Gasteiger partial charge in [0.15, 0.2) is 0 Å². The summed E-state index contributed by atoms with van der Waals surface area (Å²) in [4.78, 5) is 35.7. The zero-order chi connectivity index (χ0) is 28.5. The minimum atomic E-state index is -0.455. The van der Waals surface area contributed by atoms with Crippen LogP contribution >= 0.6 is 0 Å². The van der Waals surface area contributed by atoms with Crippen LogP contribution in [-0.2, 0) is 35.3 Å². The number of aromatic nitrogens is 4. The Kier molecular flexibility index (Phi) is 5.82. The number of aromatic amines is 1. The Labute approximate surface area is 237 Å². The number of hydrogen-bond donors (Lipinski definition) is 3. The second-order valence-electron chi connectivity index (χ2n) is 11.6. The number of anilines is 1. The van der Waals surface area contributed by atoms with Gasteiger partial charge in [0.05, 0.1) is 42.3 Å². The molecule has 1 fully saturated rings. The van der Waals surface area contributed by atoms with Gasteiger partial charge in [0.1, 0.15) is 5.65 Å². The maximum Gasteiger partial charge on any atom is 0.407 e. The van der Waals surface area contributed by atoms with Crippen molar-refractivity contribution in [3.05, 3.63) is 53.5 Å². The molecule has 0 spiro atoms. The van der Waals surface area contributed by atoms with E-state index in [1.54, 1.807) is 4.68 Å². The number of rotatable bonds is 4. The number of benzene rings is 1. The molecule has 4 aromatic rings. The van der Waals surface area contributed by atoms with Gasteiger partial charge in [-0.15, -0.1) is 0 Å². The van der Waals surface area contributed by atoms with E-state index in [0.717, 1.165) is 57.4 Å². The van der Waals surface area contributed by atoms with Crippen LogP contribution in [0, 0.1) is 0 Å². The Morgan fingerprint density at radius 2 is 2.05 bits per heavy atom. The predicted octanol–water partition coefficient (Wildman–Crippen LogP) is 4.70. The molecule has 2 aliphatic heterocycles. The van der Waals surface area contributed by atoms with Crippen molar-refractivity contribution in [1.29, 1.82) is 0 Å². The second kappa shape index (κ2) is 9.34. The van der Waals surface area contributed by atoms with E-state index in [1.165, 1.54) is 12.7 Å². The molecule has 41 heavy (non-hydrogen) atoms. The molecule has 0 unspecified atom stereocenters. The molecule has 2 atom stereocenters. The minimum absolute atomic E-state index is 0.0698. The summed E-state index contributed by atoms with van der Waals surface area (Å²) in [5, 5.41) is 11.3. The van der Waals surface area contributed by atoms with Crippen molar-refractivity contribution >= 4 is 28.8 Å². The highest BCUT2D eigenvalue weighted by molar-refractivity contribution is 6.14. The van der Waals surface area contributed by atoms with Crippen molar-refractivity contribution in [3.63, 3.8) is 0 Å². The number of carbonyl (C=O) groups excluding carboxylic acids is 2. The zero-order valence-electron chi connectivity index (χ0n) is 23.6. The summed E-state index contributed by atoms with van der Waals surface area (Å²) in [6.45, 7) is 5.11. The average molecular weight is 556 g/mol. The van der Waals surface area contributed by atoms with Crippen LogP contribution in [-0.4, -0.2) is 51.1 Å². The summed E-state index contributed by atoms with van der Waals surface area (Å²) < 4.78 is 12.7. The molecule has 1 aliphatic carbocycles. The maximum absolute atomic E-state index is 13.6. The van der Waals surface area contributed by atoms with Crippen LogP contribution in [0.4, 0.5) is 15.3 Å². The van der Waals surface area contributed by atoms with Crippen molar-refractivity contribution in [1.82, 2.24) is 30.4 Å². The van der Waals surface area contributed by atoms with Crippen molar-refractivity contribution in [2.45, 2.75) is 63.9 Å². The summed E-state index contributed by atoms with van der Waals surface area (Å²) in [5.41, 5.74) is 8.34. The SMILES string of the molecule is COC(=O)N[C@@H]1CC[C@@H](N2C(=O)NCc3cnc4[nH]c(-c5cnn(C)c5)c(-c5ccc6c(c5)COC6(C)C)c4c32)C1. The Balaban J connectivity index is 1.42. The highest BCUT2D eigenvalue weighted by Gasteiger charge is 2.39. The molecule has 0 saturated heterocycles. The lowest BCUT2D eigenvalue weighted by Gasteiger charge is -2.35. The molecule has 3 N–H and O–H groups in total. The summed E-state index contributed by atoms with van der Waals surface area (Å²) in [5.74, 6) is 0. The molecule has 1 aromatic carbocycles. The third-order valence-corrected chi connectivity index (χ3v) is 8.66. The van der Waals surface area contributed by atoms with Gasteiger partial charge >= 0.3 is 12.1 Å². The van der Waals surface area contributed by atoms with Crippen LogP contribution < -0.4 is 15.5 Å². The molecule has 0 bridgehead atoms. The number of urea groups is 1. The number of hydrogen-bond acceptors (Lipinski definition) is 6. The van der Waals surface area contributed by atoms with Crippen molar-refractivity contribution in [2.75, 3.05) is 12.0 Å². The van der Waals surface area contributed by atoms with Gasteiger partial charge in [0.2, 0.25) is 0 Å². The van der Waals surface area contributed by atoms with E-state index in [-0.39, 0.29) is 23.7 Å². The summed E-state index contributed by atoms with van der Waals surface area (Å²) in [7, 11) is 3.25. The quantitative estimate of drug-likeness (QED) is 0.335.